The quantitative estimate of drug-likeness (QED) is 0.296. The smallest absolute Gasteiger partial charge is 0.161 e. The van der Waals surface area contributed by atoms with Gasteiger partial charge in [0, 0.05) is 10.6 Å². The first-order valence-corrected chi connectivity index (χ1v) is 9.76. The number of allylic oxidation sites excluding steroid dienone is 1. The molecule has 3 aromatic carbocycles. The molecule has 0 aliphatic carbocycles. The summed E-state index contributed by atoms with van der Waals surface area (Å²) in [7, 11) is 1.56. The predicted octanol–water partition coefficient (Wildman–Crippen LogP) is 7.30. The summed E-state index contributed by atoms with van der Waals surface area (Å²) >= 11 is 18.2. The fraction of sp³-hybridized carbons (Fsp3) is 0.0870. The Labute approximate surface area is 184 Å². The van der Waals surface area contributed by atoms with Gasteiger partial charge < -0.3 is 9.47 Å². The number of nitrogens with zero attached hydrogens (tertiary/aromatic N) is 1. The van der Waals surface area contributed by atoms with Crippen LogP contribution in [0.1, 0.15) is 16.7 Å². The Bertz CT molecular complexity index is 1100. The minimum atomic E-state index is 0.317. The van der Waals surface area contributed by atoms with E-state index in [4.69, 9.17) is 44.3 Å². The molecule has 0 amide bonds. The molecular weight excluding hydrogens is 429 g/mol. The van der Waals surface area contributed by atoms with Gasteiger partial charge in [0.05, 0.1) is 28.8 Å². The molecule has 0 heterocycles. The van der Waals surface area contributed by atoms with E-state index >= 15 is 0 Å². The van der Waals surface area contributed by atoms with Gasteiger partial charge in [-0.15, -0.1) is 0 Å². The molecule has 0 aliphatic heterocycles. The maximum atomic E-state index is 9.56. The number of nitriles is 1. The first kappa shape index (κ1) is 21.1. The zero-order valence-corrected chi connectivity index (χ0v) is 17.7. The van der Waals surface area contributed by atoms with Crippen molar-refractivity contribution in [3.63, 3.8) is 0 Å². The lowest BCUT2D eigenvalue weighted by molar-refractivity contribution is 0.284. The zero-order valence-electron chi connectivity index (χ0n) is 15.5. The van der Waals surface area contributed by atoms with Crippen molar-refractivity contribution in [3.05, 3.63) is 92.4 Å². The van der Waals surface area contributed by atoms with E-state index in [9.17, 15) is 5.26 Å². The third kappa shape index (κ3) is 5.25. The topological polar surface area (TPSA) is 42.2 Å². The largest absolute Gasteiger partial charge is 0.493 e. The fourth-order valence-corrected chi connectivity index (χ4v) is 3.16. The average Bonchev–Trinajstić information content (AvgIpc) is 2.74. The van der Waals surface area contributed by atoms with Gasteiger partial charge in [-0.3, -0.25) is 0 Å². The van der Waals surface area contributed by atoms with E-state index in [1.807, 2.05) is 30.3 Å². The lowest BCUT2D eigenvalue weighted by Gasteiger charge is -2.12. The summed E-state index contributed by atoms with van der Waals surface area (Å²) in [6.45, 7) is 0.317. The molecule has 0 N–H and O–H groups in total. The van der Waals surface area contributed by atoms with E-state index in [2.05, 4.69) is 6.07 Å². The van der Waals surface area contributed by atoms with Crippen LogP contribution < -0.4 is 9.47 Å². The van der Waals surface area contributed by atoms with Crippen molar-refractivity contribution in [1.82, 2.24) is 0 Å². The molecule has 0 radical (unpaired) electrons. The van der Waals surface area contributed by atoms with E-state index in [0.717, 1.165) is 11.1 Å². The zero-order chi connectivity index (χ0) is 20.8. The first-order valence-electron chi connectivity index (χ1n) is 8.63. The van der Waals surface area contributed by atoms with E-state index in [1.54, 1.807) is 43.5 Å². The minimum Gasteiger partial charge on any atom is -0.493 e. The maximum absolute atomic E-state index is 9.56. The number of ether oxygens (including phenoxy) is 2. The Balaban J connectivity index is 1.85. The van der Waals surface area contributed by atoms with Crippen LogP contribution in [0.3, 0.4) is 0 Å². The molecule has 0 atom stereocenters. The van der Waals surface area contributed by atoms with Gasteiger partial charge >= 0.3 is 0 Å². The maximum Gasteiger partial charge on any atom is 0.161 e. The number of hydrogen-bond donors (Lipinski definition) is 0. The summed E-state index contributed by atoms with van der Waals surface area (Å²) in [5.41, 5.74) is 2.80. The highest BCUT2D eigenvalue weighted by Crippen LogP contribution is 2.32. The molecule has 146 valence electrons. The van der Waals surface area contributed by atoms with Gasteiger partial charge in [-0.1, -0.05) is 65.1 Å². The van der Waals surface area contributed by atoms with Gasteiger partial charge in [0.1, 0.15) is 6.61 Å². The first-order chi connectivity index (χ1) is 14.0. The summed E-state index contributed by atoms with van der Waals surface area (Å²) in [6.07, 6.45) is 1.75. The van der Waals surface area contributed by atoms with Crippen molar-refractivity contribution in [2.75, 3.05) is 7.11 Å². The third-order valence-corrected chi connectivity index (χ3v) is 5.30. The van der Waals surface area contributed by atoms with E-state index < -0.39 is 0 Å². The standard InChI is InChI=1S/C23H16Cl3NO2/c1-28-23-11-15(10-18(13-27)16-7-8-20(25)21(26)12-16)6-9-22(23)29-14-17-4-2-3-5-19(17)24/h2-12H,14H2,1H3/b18-10-. The van der Waals surface area contributed by atoms with Crippen molar-refractivity contribution in [2.24, 2.45) is 0 Å². The second-order valence-corrected chi connectivity index (χ2v) is 7.31. The minimum absolute atomic E-state index is 0.317. The molecule has 0 bridgehead atoms. The van der Waals surface area contributed by atoms with Crippen LogP contribution in [0.5, 0.6) is 11.5 Å². The molecule has 3 nitrogen and oxygen atoms in total. The Kier molecular flexibility index (Phi) is 7.06. The van der Waals surface area contributed by atoms with Crippen molar-refractivity contribution >= 4 is 46.5 Å². The molecule has 0 aliphatic rings. The number of hydrogen-bond acceptors (Lipinski definition) is 3. The molecular formula is C23H16Cl3NO2. The highest BCUT2D eigenvalue weighted by atomic mass is 35.5. The van der Waals surface area contributed by atoms with Crippen molar-refractivity contribution in [2.45, 2.75) is 6.61 Å². The van der Waals surface area contributed by atoms with Crippen LogP contribution in [0.2, 0.25) is 15.1 Å². The molecule has 0 fully saturated rings. The summed E-state index contributed by atoms with van der Waals surface area (Å²) < 4.78 is 11.3. The molecule has 6 heteroatoms. The van der Waals surface area contributed by atoms with Gasteiger partial charge in [-0.25, -0.2) is 0 Å². The summed E-state index contributed by atoms with van der Waals surface area (Å²) in [5.74, 6) is 1.13. The van der Waals surface area contributed by atoms with Crippen LogP contribution in [0.25, 0.3) is 11.6 Å². The van der Waals surface area contributed by atoms with Gasteiger partial charge in [0.2, 0.25) is 0 Å². The third-order valence-electron chi connectivity index (χ3n) is 4.19. The molecule has 3 aromatic rings. The Morgan fingerprint density at radius 1 is 0.931 bits per heavy atom. The van der Waals surface area contributed by atoms with Gasteiger partial charge in [-0.2, -0.15) is 5.26 Å². The average molecular weight is 445 g/mol. The monoisotopic (exact) mass is 443 g/mol. The van der Waals surface area contributed by atoms with Crippen molar-refractivity contribution in [3.8, 4) is 17.6 Å². The summed E-state index contributed by atoms with van der Waals surface area (Å²) in [5, 5.41) is 11.0. The molecule has 0 saturated carbocycles. The predicted molar refractivity (Wildman–Crippen MR) is 119 cm³/mol. The number of benzene rings is 3. The Hall–Kier alpha value is -2.64. The molecule has 0 saturated heterocycles. The van der Waals surface area contributed by atoms with Crippen molar-refractivity contribution < 1.29 is 9.47 Å². The molecule has 0 aromatic heterocycles. The molecule has 3 rings (SSSR count). The van der Waals surface area contributed by atoms with E-state index in [-0.39, 0.29) is 0 Å². The number of methoxy groups -OCH3 is 1. The van der Waals surface area contributed by atoms with Crippen LogP contribution in [0.15, 0.2) is 60.7 Å². The second-order valence-electron chi connectivity index (χ2n) is 6.09. The van der Waals surface area contributed by atoms with Gasteiger partial charge in [0.15, 0.2) is 11.5 Å². The van der Waals surface area contributed by atoms with E-state index in [1.165, 1.54) is 0 Å². The van der Waals surface area contributed by atoms with Gasteiger partial charge in [0.25, 0.3) is 0 Å². The second kappa shape index (κ2) is 9.71. The summed E-state index contributed by atoms with van der Waals surface area (Å²) in [4.78, 5) is 0. The van der Waals surface area contributed by atoms with Crippen molar-refractivity contribution in [1.29, 1.82) is 5.26 Å². The Morgan fingerprint density at radius 3 is 2.41 bits per heavy atom. The lowest BCUT2D eigenvalue weighted by Crippen LogP contribution is -1.98. The van der Waals surface area contributed by atoms with Gasteiger partial charge in [-0.05, 0) is 47.5 Å². The molecule has 0 spiro atoms. The number of halogens is 3. The highest BCUT2D eigenvalue weighted by Gasteiger charge is 2.09. The van der Waals surface area contributed by atoms with Crippen LogP contribution in [0.4, 0.5) is 0 Å². The molecule has 29 heavy (non-hydrogen) atoms. The lowest BCUT2D eigenvalue weighted by atomic mass is 10.0. The fourth-order valence-electron chi connectivity index (χ4n) is 2.67. The van der Waals surface area contributed by atoms with Crippen LogP contribution in [-0.4, -0.2) is 7.11 Å². The highest BCUT2D eigenvalue weighted by molar-refractivity contribution is 6.42. The van der Waals surface area contributed by atoms with Crippen LogP contribution in [0, 0.1) is 11.3 Å². The Morgan fingerprint density at radius 2 is 1.72 bits per heavy atom. The molecule has 0 unspecified atom stereocenters. The van der Waals surface area contributed by atoms with Crippen LogP contribution in [-0.2, 0) is 6.61 Å². The van der Waals surface area contributed by atoms with Crippen LogP contribution >= 0.6 is 34.8 Å². The SMILES string of the molecule is COc1cc(/C=C(/C#N)c2ccc(Cl)c(Cl)c2)ccc1OCc1ccccc1Cl. The normalized spacial score (nSPS) is 11.1. The summed E-state index contributed by atoms with van der Waals surface area (Å²) in [6, 6.07) is 20.2. The van der Waals surface area contributed by atoms with E-state index in [0.29, 0.717) is 44.3 Å². The number of rotatable bonds is 6.